The first-order chi connectivity index (χ1) is 20.9. The summed E-state index contributed by atoms with van der Waals surface area (Å²) in [6.45, 7) is 11.3. The zero-order valence-corrected chi connectivity index (χ0v) is 26.8. The molecule has 1 amide bonds. The second kappa shape index (κ2) is 12.1. The largest absolute Gasteiger partial charge is 0.444 e. The van der Waals surface area contributed by atoms with Crippen molar-refractivity contribution in [1.82, 2.24) is 29.5 Å². The summed E-state index contributed by atoms with van der Waals surface area (Å²) >= 11 is 0. The van der Waals surface area contributed by atoms with Crippen LogP contribution in [-0.2, 0) is 11.3 Å². The predicted molar refractivity (Wildman–Crippen MR) is 175 cm³/mol. The molecule has 0 bridgehead atoms. The van der Waals surface area contributed by atoms with Gasteiger partial charge in [0.15, 0.2) is 0 Å². The summed E-state index contributed by atoms with van der Waals surface area (Å²) in [5, 5.41) is 4.67. The average Bonchev–Trinajstić information content (AvgIpc) is 3.48. The number of likely N-dealkylation sites (tertiary alicyclic amines) is 1. The molecule has 10 nitrogen and oxygen atoms in total. The first kappa shape index (κ1) is 30.5. The van der Waals surface area contributed by atoms with Gasteiger partial charge in [0, 0.05) is 50.0 Å². The molecule has 2 fully saturated rings. The molecule has 0 saturated carbocycles. The lowest BCUT2D eigenvalue weighted by molar-refractivity contribution is 0.0184. The number of rotatable bonds is 5. The van der Waals surface area contributed by atoms with E-state index in [-0.39, 0.29) is 12.1 Å². The van der Waals surface area contributed by atoms with E-state index in [1.165, 1.54) is 5.56 Å². The summed E-state index contributed by atoms with van der Waals surface area (Å²) in [5.41, 5.74) is 7.39. The number of carbonyl (C=O) groups excluding carboxylic acids is 1. The van der Waals surface area contributed by atoms with Crippen LogP contribution in [0.4, 0.5) is 4.79 Å². The summed E-state index contributed by atoms with van der Waals surface area (Å²) in [6.07, 6.45) is 7.05. The van der Waals surface area contributed by atoms with Crippen molar-refractivity contribution in [3.63, 3.8) is 0 Å². The van der Waals surface area contributed by atoms with E-state index in [9.17, 15) is 13.9 Å². The standard InChI is InChI=1S/C33H42N6O4S/c1-23-18-24(21-37-14-16-44(41,42)17-15-37)8-9-27(23)28-6-5-7-29-31(28)36-30(20-34-29)25-19-35-39(22-25)26-10-12-38(13-11-26)32(40)43-33(2,3)4/h5-9,18-20,22,26,41-42H,10-17,21H2,1-4H3. The number of ether oxygens (including phenoxy) is 1. The van der Waals surface area contributed by atoms with Gasteiger partial charge in [-0.3, -0.25) is 23.7 Å². The summed E-state index contributed by atoms with van der Waals surface area (Å²) in [6, 6.07) is 12.8. The number of piperidine rings is 1. The van der Waals surface area contributed by atoms with Crippen LogP contribution >= 0.6 is 10.6 Å². The third-order valence-corrected chi connectivity index (χ3v) is 10.1. The molecule has 2 aromatic heterocycles. The van der Waals surface area contributed by atoms with E-state index in [2.05, 4.69) is 41.2 Å². The Bertz CT molecular complexity index is 1650. The van der Waals surface area contributed by atoms with Crippen LogP contribution in [0.5, 0.6) is 0 Å². The maximum absolute atomic E-state index is 12.5. The minimum atomic E-state index is -2.39. The van der Waals surface area contributed by atoms with Gasteiger partial charge < -0.3 is 9.64 Å². The van der Waals surface area contributed by atoms with Crippen molar-refractivity contribution in [1.29, 1.82) is 0 Å². The SMILES string of the molecule is Cc1cc(CN2CCS(O)(O)CC2)ccc1-c1cccc2ncc(-c3cnn(C4CCN(C(=O)OC(C)(C)C)CC4)c3)nc12. The second-order valence-electron chi connectivity index (χ2n) is 13.0. The number of nitrogens with zero attached hydrogens (tertiary/aromatic N) is 6. The van der Waals surface area contributed by atoms with Gasteiger partial charge in [-0.1, -0.05) is 30.3 Å². The number of para-hydroxylation sites is 1. The number of hydrogen-bond donors (Lipinski definition) is 2. The number of carbonyl (C=O) groups is 1. The number of aryl methyl sites for hydroxylation is 1. The van der Waals surface area contributed by atoms with Crippen LogP contribution in [0.1, 0.15) is 50.8 Å². The summed E-state index contributed by atoms with van der Waals surface area (Å²) < 4.78 is 27.4. The Morgan fingerprint density at radius 1 is 1.02 bits per heavy atom. The Morgan fingerprint density at radius 3 is 2.48 bits per heavy atom. The maximum Gasteiger partial charge on any atom is 0.410 e. The lowest BCUT2D eigenvalue weighted by Gasteiger charge is -2.41. The van der Waals surface area contributed by atoms with Gasteiger partial charge in [0.1, 0.15) is 5.60 Å². The highest BCUT2D eigenvalue weighted by Gasteiger charge is 2.28. The van der Waals surface area contributed by atoms with Crippen LogP contribution in [0.2, 0.25) is 0 Å². The van der Waals surface area contributed by atoms with Crippen LogP contribution in [0.15, 0.2) is 55.0 Å². The zero-order valence-electron chi connectivity index (χ0n) is 25.9. The first-order valence-electron chi connectivity index (χ1n) is 15.3. The third-order valence-electron chi connectivity index (χ3n) is 8.42. The number of fused-ring (bicyclic) bond motifs is 1. The summed E-state index contributed by atoms with van der Waals surface area (Å²) in [7, 11) is -2.39. The molecule has 6 rings (SSSR count). The van der Waals surface area contributed by atoms with E-state index in [0.29, 0.717) is 37.7 Å². The summed E-state index contributed by atoms with van der Waals surface area (Å²) in [5.74, 6) is 0.903. The van der Waals surface area contributed by atoms with Crippen LogP contribution < -0.4 is 0 Å². The molecule has 4 heterocycles. The normalized spacial score (nSPS) is 18.8. The van der Waals surface area contributed by atoms with E-state index < -0.39 is 16.2 Å². The molecule has 0 radical (unpaired) electrons. The fraction of sp³-hybridized carbons (Fsp3) is 0.455. The molecule has 44 heavy (non-hydrogen) atoms. The Labute approximate surface area is 260 Å². The Kier molecular flexibility index (Phi) is 8.40. The minimum absolute atomic E-state index is 0.202. The lowest BCUT2D eigenvalue weighted by Crippen LogP contribution is -2.42. The van der Waals surface area contributed by atoms with Gasteiger partial charge in [-0.2, -0.15) is 15.7 Å². The van der Waals surface area contributed by atoms with E-state index in [1.807, 2.05) is 56.2 Å². The van der Waals surface area contributed by atoms with Gasteiger partial charge in [0.2, 0.25) is 0 Å². The average molecular weight is 619 g/mol. The highest BCUT2D eigenvalue weighted by Crippen LogP contribution is 2.40. The smallest absolute Gasteiger partial charge is 0.410 e. The van der Waals surface area contributed by atoms with E-state index in [1.54, 1.807) is 4.90 Å². The Morgan fingerprint density at radius 2 is 1.77 bits per heavy atom. The quantitative estimate of drug-likeness (QED) is 0.257. The second-order valence-corrected chi connectivity index (χ2v) is 15.4. The molecule has 0 unspecified atom stereocenters. The van der Waals surface area contributed by atoms with E-state index in [0.717, 1.165) is 58.4 Å². The van der Waals surface area contributed by atoms with Gasteiger partial charge >= 0.3 is 6.09 Å². The molecule has 4 aromatic rings. The molecule has 2 aliphatic rings. The monoisotopic (exact) mass is 618 g/mol. The Hall–Kier alpha value is -3.51. The molecular formula is C33H42N6O4S. The van der Waals surface area contributed by atoms with Gasteiger partial charge in [-0.15, -0.1) is 0 Å². The molecule has 0 atom stereocenters. The molecule has 2 N–H and O–H groups in total. The highest BCUT2D eigenvalue weighted by atomic mass is 32.3. The zero-order chi connectivity index (χ0) is 31.1. The van der Waals surface area contributed by atoms with Gasteiger partial charge in [-0.25, -0.2) is 9.78 Å². The van der Waals surface area contributed by atoms with Crippen molar-refractivity contribution in [2.24, 2.45) is 0 Å². The number of benzene rings is 2. The minimum Gasteiger partial charge on any atom is -0.444 e. The molecule has 234 valence electrons. The van der Waals surface area contributed by atoms with Crippen molar-refractivity contribution >= 4 is 27.7 Å². The Balaban J connectivity index is 1.18. The number of aromatic nitrogens is 4. The molecule has 11 heteroatoms. The molecule has 0 spiro atoms. The van der Waals surface area contributed by atoms with Crippen LogP contribution in [0, 0.1) is 6.92 Å². The number of hydrogen-bond acceptors (Lipinski definition) is 8. The molecular weight excluding hydrogens is 576 g/mol. The fourth-order valence-electron chi connectivity index (χ4n) is 6.01. The predicted octanol–water partition coefficient (Wildman–Crippen LogP) is 6.61. The van der Waals surface area contributed by atoms with Crippen LogP contribution in [0.25, 0.3) is 33.4 Å². The molecule has 2 aliphatic heterocycles. The molecule has 0 aliphatic carbocycles. The first-order valence-corrected chi connectivity index (χ1v) is 17.2. The van der Waals surface area contributed by atoms with Gasteiger partial charge in [0.25, 0.3) is 0 Å². The number of amides is 1. The van der Waals surface area contributed by atoms with E-state index in [4.69, 9.17) is 14.7 Å². The van der Waals surface area contributed by atoms with Gasteiger partial charge in [-0.05, 0) is 63.3 Å². The van der Waals surface area contributed by atoms with Crippen LogP contribution in [0.3, 0.4) is 0 Å². The van der Waals surface area contributed by atoms with Crippen molar-refractivity contribution in [2.45, 2.75) is 58.7 Å². The molecule has 2 aromatic carbocycles. The van der Waals surface area contributed by atoms with Crippen molar-refractivity contribution in [3.8, 4) is 22.4 Å². The van der Waals surface area contributed by atoms with Gasteiger partial charge in [0.05, 0.1) is 46.7 Å². The fourth-order valence-corrected chi connectivity index (χ4v) is 7.31. The maximum atomic E-state index is 12.5. The highest BCUT2D eigenvalue weighted by molar-refractivity contribution is 8.24. The lowest BCUT2D eigenvalue weighted by atomic mass is 9.97. The van der Waals surface area contributed by atoms with Crippen molar-refractivity contribution < 1.29 is 18.6 Å². The van der Waals surface area contributed by atoms with Crippen molar-refractivity contribution in [3.05, 3.63) is 66.1 Å². The summed E-state index contributed by atoms with van der Waals surface area (Å²) in [4.78, 5) is 26.4. The molecule has 2 saturated heterocycles. The third kappa shape index (κ3) is 6.91. The van der Waals surface area contributed by atoms with Crippen LogP contribution in [-0.4, -0.2) is 88.0 Å². The van der Waals surface area contributed by atoms with E-state index >= 15 is 0 Å². The van der Waals surface area contributed by atoms with Crippen molar-refractivity contribution in [2.75, 3.05) is 37.7 Å². The topological polar surface area (TPSA) is 117 Å².